The summed E-state index contributed by atoms with van der Waals surface area (Å²) in [6.07, 6.45) is 3.97. The molecule has 4 amide bonds. The molecular weight excluding hydrogens is 841 g/mol. The molecule has 0 saturated carbocycles. The Morgan fingerprint density at radius 3 is 2.12 bits per heavy atom. The van der Waals surface area contributed by atoms with Crippen LogP contribution in [-0.4, -0.2) is 105 Å². The van der Waals surface area contributed by atoms with Gasteiger partial charge in [-0.15, -0.1) is 0 Å². The van der Waals surface area contributed by atoms with Crippen LogP contribution in [0.4, 0.5) is 9.59 Å². The van der Waals surface area contributed by atoms with Crippen molar-refractivity contribution in [2.75, 3.05) is 27.4 Å². The number of nitrogens with zero attached hydrogens (tertiary/aromatic N) is 4. The van der Waals surface area contributed by atoms with E-state index in [1.54, 1.807) is 6.20 Å². The van der Waals surface area contributed by atoms with E-state index in [0.29, 0.717) is 57.2 Å². The van der Waals surface area contributed by atoms with Gasteiger partial charge >= 0.3 is 12.2 Å². The largest absolute Gasteiger partial charge is 0.488 e. The Kier molecular flexibility index (Phi) is 14.9. The van der Waals surface area contributed by atoms with Gasteiger partial charge in [-0.2, -0.15) is 0 Å². The van der Waals surface area contributed by atoms with Gasteiger partial charge in [0.1, 0.15) is 36.1 Å². The van der Waals surface area contributed by atoms with Crippen LogP contribution in [0.2, 0.25) is 0 Å². The zero-order valence-electron chi connectivity index (χ0n) is 39.9. The van der Waals surface area contributed by atoms with Crippen LogP contribution in [0.25, 0.3) is 44.2 Å². The van der Waals surface area contributed by atoms with Crippen molar-refractivity contribution in [3.05, 3.63) is 65.9 Å². The van der Waals surface area contributed by atoms with Gasteiger partial charge in [0.15, 0.2) is 0 Å². The second kappa shape index (κ2) is 20.6. The highest BCUT2D eigenvalue weighted by molar-refractivity contribution is 6.07. The van der Waals surface area contributed by atoms with Gasteiger partial charge in [-0.1, -0.05) is 52.3 Å². The molecule has 16 heteroatoms. The summed E-state index contributed by atoms with van der Waals surface area (Å²) in [7, 11) is 2.60. The van der Waals surface area contributed by atoms with Crippen LogP contribution >= 0.6 is 0 Å². The van der Waals surface area contributed by atoms with Gasteiger partial charge in [0.25, 0.3) is 0 Å². The van der Waals surface area contributed by atoms with E-state index in [-0.39, 0.29) is 35.7 Å². The SMILES string of the molecule is CC[C@H](C)C(NC(=O)OC)C(=O)N([C@@H](C)CC)[C@@H](C)c1ncc(-c2ccc3c(c2)COc2cc4c(ccc5[nH]c([C@H](C)N(C(=O)[C@@H](NC(=O)OC)C6CCOCC6)[C@@H](C)CC)nc54)cc2-3)[nH]1. The molecule has 2 aliphatic heterocycles. The van der Waals surface area contributed by atoms with Crippen LogP contribution in [0, 0.1) is 11.8 Å². The third-order valence-corrected chi connectivity index (χ3v) is 13.9. The third-order valence-electron chi connectivity index (χ3n) is 13.9. The first-order valence-electron chi connectivity index (χ1n) is 23.4. The number of benzene rings is 3. The highest BCUT2D eigenvalue weighted by Crippen LogP contribution is 2.43. The molecule has 1 saturated heterocycles. The number of rotatable bonds is 16. The predicted molar refractivity (Wildman–Crippen MR) is 253 cm³/mol. The minimum absolute atomic E-state index is 0.0872. The highest BCUT2D eigenvalue weighted by Gasteiger charge is 2.39. The molecule has 1 fully saturated rings. The number of carbonyl (C=O) groups is 4. The van der Waals surface area contributed by atoms with Crippen molar-refractivity contribution < 1.29 is 38.1 Å². The molecule has 0 bridgehead atoms. The first-order valence-corrected chi connectivity index (χ1v) is 23.4. The zero-order chi connectivity index (χ0) is 47.4. The van der Waals surface area contributed by atoms with Gasteiger partial charge in [-0.05, 0) is 112 Å². The Hall–Kier alpha value is -6.16. The molecule has 3 aromatic carbocycles. The maximum atomic E-state index is 14.5. The minimum Gasteiger partial charge on any atom is -0.488 e. The molecule has 16 nitrogen and oxygen atoms in total. The molecule has 0 radical (unpaired) electrons. The van der Waals surface area contributed by atoms with E-state index in [4.69, 9.17) is 28.9 Å². The van der Waals surface area contributed by atoms with E-state index in [1.807, 2.05) is 71.3 Å². The molecule has 354 valence electrons. The summed E-state index contributed by atoms with van der Waals surface area (Å²) in [5.41, 5.74) is 6.43. The molecule has 5 aromatic rings. The van der Waals surface area contributed by atoms with Gasteiger partial charge in [0, 0.05) is 36.2 Å². The fraction of sp³-hybridized carbons (Fsp3) is 0.520. The number of imidazole rings is 2. The number of methoxy groups -OCH3 is 2. The Labute approximate surface area is 386 Å². The van der Waals surface area contributed by atoms with Crippen molar-refractivity contribution in [3.8, 4) is 28.1 Å². The summed E-state index contributed by atoms with van der Waals surface area (Å²) in [4.78, 5) is 74.1. The van der Waals surface area contributed by atoms with E-state index in [2.05, 4.69) is 57.0 Å². The summed E-state index contributed by atoms with van der Waals surface area (Å²) >= 11 is 0. The molecule has 7 rings (SSSR count). The minimum atomic E-state index is -0.763. The molecule has 2 aliphatic rings. The molecular formula is C50H66N8O8. The molecule has 4 N–H and O–H groups in total. The van der Waals surface area contributed by atoms with Crippen LogP contribution in [0.15, 0.2) is 48.7 Å². The second-order valence-electron chi connectivity index (χ2n) is 17.9. The Balaban J connectivity index is 1.15. The fourth-order valence-electron chi connectivity index (χ4n) is 9.41. The number of fused-ring (bicyclic) bond motifs is 6. The van der Waals surface area contributed by atoms with Gasteiger partial charge < -0.3 is 49.3 Å². The Bertz CT molecular complexity index is 2550. The number of alkyl carbamates (subject to hydrolysis) is 2. The first-order chi connectivity index (χ1) is 31.7. The van der Waals surface area contributed by atoms with E-state index >= 15 is 0 Å². The van der Waals surface area contributed by atoms with Crippen LogP contribution in [0.3, 0.4) is 0 Å². The lowest BCUT2D eigenvalue weighted by Crippen LogP contribution is -2.55. The van der Waals surface area contributed by atoms with Crippen LogP contribution in [0.5, 0.6) is 5.75 Å². The highest BCUT2D eigenvalue weighted by atomic mass is 16.5. The van der Waals surface area contributed by atoms with Crippen molar-refractivity contribution in [1.82, 2.24) is 40.4 Å². The lowest BCUT2D eigenvalue weighted by atomic mass is 9.90. The van der Waals surface area contributed by atoms with E-state index in [9.17, 15) is 19.2 Å². The predicted octanol–water partition coefficient (Wildman–Crippen LogP) is 8.96. The maximum Gasteiger partial charge on any atom is 0.407 e. The fourth-order valence-corrected chi connectivity index (χ4v) is 9.41. The number of hydrogen-bond donors (Lipinski definition) is 4. The molecule has 1 unspecified atom stereocenters. The number of aromatic amines is 2. The van der Waals surface area contributed by atoms with Crippen molar-refractivity contribution in [2.45, 2.75) is 130 Å². The molecule has 0 spiro atoms. The standard InChI is InChI=1S/C50H66N8O8/c1-11-27(4)42(55-49(61)63-9)47(59)57(28(5)12-2)30(7)45-51-25-40(53-45)34-14-16-36-35(22-34)26-66-41-24-37-33(23-38(36)41)15-17-39-44(37)54-46(52-39)31(8)58(29(6)13-3)48(60)43(56-50(62)64-10)32-18-20-65-21-19-32/h14-17,22-25,27-32,42-43H,11-13,18-21,26H2,1-10H3,(H,51,53)(H,52,54)(H,55,61)(H,56,62)/t27-,28-,29-,30-,31-,42?,43-/m0/s1. The quantitative estimate of drug-likeness (QED) is 0.0743. The van der Waals surface area contributed by atoms with E-state index in [1.165, 1.54) is 14.2 Å². The van der Waals surface area contributed by atoms with Crippen molar-refractivity contribution in [3.63, 3.8) is 0 Å². The average Bonchev–Trinajstić information content (AvgIpc) is 4.03. The zero-order valence-corrected chi connectivity index (χ0v) is 39.9. The first kappa shape index (κ1) is 47.8. The van der Waals surface area contributed by atoms with Crippen LogP contribution in [0.1, 0.15) is 117 Å². The maximum absolute atomic E-state index is 14.5. The Morgan fingerprint density at radius 1 is 0.788 bits per heavy atom. The van der Waals surface area contributed by atoms with Crippen molar-refractivity contribution in [1.29, 1.82) is 0 Å². The normalized spacial score (nSPS) is 16.9. The molecule has 2 aromatic heterocycles. The topological polar surface area (TPSA) is 193 Å². The lowest BCUT2D eigenvalue weighted by molar-refractivity contribution is -0.141. The van der Waals surface area contributed by atoms with Gasteiger partial charge in [0.2, 0.25) is 11.8 Å². The summed E-state index contributed by atoms with van der Waals surface area (Å²) in [6.45, 7) is 17.4. The van der Waals surface area contributed by atoms with Gasteiger partial charge in [-0.3, -0.25) is 9.59 Å². The summed E-state index contributed by atoms with van der Waals surface area (Å²) < 4.78 is 21.9. The van der Waals surface area contributed by atoms with E-state index < -0.39 is 36.4 Å². The van der Waals surface area contributed by atoms with Crippen LogP contribution < -0.4 is 15.4 Å². The number of amides is 4. The number of nitrogens with one attached hydrogen (secondary N) is 4. The van der Waals surface area contributed by atoms with E-state index in [0.717, 1.165) is 61.9 Å². The van der Waals surface area contributed by atoms with Crippen molar-refractivity contribution >= 4 is 45.8 Å². The second-order valence-corrected chi connectivity index (χ2v) is 17.9. The monoisotopic (exact) mass is 907 g/mol. The summed E-state index contributed by atoms with van der Waals surface area (Å²) in [6, 6.07) is 12.0. The number of hydrogen-bond acceptors (Lipinski definition) is 10. The molecule has 0 aliphatic carbocycles. The molecule has 66 heavy (non-hydrogen) atoms. The third kappa shape index (κ3) is 9.56. The average molecular weight is 907 g/mol. The molecule has 7 atom stereocenters. The number of ether oxygens (including phenoxy) is 4. The molecule has 4 heterocycles. The summed E-state index contributed by atoms with van der Waals surface area (Å²) in [5, 5.41) is 7.55. The van der Waals surface area contributed by atoms with Gasteiger partial charge in [-0.25, -0.2) is 19.6 Å². The Morgan fingerprint density at radius 2 is 1.45 bits per heavy atom. The summed E-state index contributed by atoms with van der Waals surface area (Å²) in [5.74, 6) is 1.49. The number of H-pyrrole nitrogens is 2. The smallest absolute Gasteiger partial charge is 0.407 e. The number of carbonyl (C=O) groups excluding carboxylic acids is 4. The van der Waals surface area contributed by atoms with Gasteiger partial charge in [0.05, 0.1) is 49.2 Å². The number of aromatic nitrogens is 4. The lowest BCUT2D eigenvalue weighted by Gasteiger charge is -2.39. The van der Waals surface area contributed by atoms with Crippen LogP contribution in [-0.2, 0) is 30.4 Å². The van der Waals surface area contributed by atoms with Crippen molar-refractivity contribution in [2.24, 2.45) is 11.8 Å².